The highest BCUT2D eigenvalue weighted by Crippen LogP contribution is 2.25. The second-order valence-electron chi connectivity index (χ2n) is 6.08. The molecule has 3 nitrogen and oxygen atoms in total. The summed E-state index contributed by atoms with van der Waals surface area (Å²) in [7, 11) is 0. The van der Waals surface area contributed by atoms with E-state index in [9.17, 15) is 9.18 Å². The maximum Gasteiger partial charge on any atom is 0.220 e. The van der Waals surface area contributed by atoms with Crippen LogP contribution in [0.4, 0.5) is 4.39 Å². The molecule has 4 heteroatoms. The number of carbonyl (C=O) groups is 1. The van der Waals surface area contributed by atoms with E-state index in [0.717, 1.165) is 30.4 Å². The van der Waals surface area contributed by atoms with E-state index in [-0.39, 0.29) is 17.8 Å². The highest BCUT2D eigenvalue weighted by atomic mass is 19.1. The molecule has 0 radical (unpaired) electrons. The summed E-state index contributed by atoms with van der Waals surface area (Å²) >= 11 is 0. The van der Waals surface area contributed by atoms with Crippen LogP contribution in [0.25, 0.3) is 0 Å². The van der Waals surface area contributed by atoms with Gasteiger partial charge in [-0.15, -0.1) is 0 Å². The van der Waals surface area contributed by atoms with Gasteiger partial charge in [-0.25, -0.2) is 4.39 Å². The standard InChI is InChI=1S/C17H25FN2O/c1-12-10-15(18)7-6-13(12)8-9-20-17(21)11-14-4-2-3-5-16(14)19/h6-7,10,14,16H,2-5,8-9,11,19H2,1H3,(H,20,21). The predicted octanol–water partition coefficient (Wildman–Crippen LogP) is 2.70. The number of nitrogens with two attached hydrogens (primary N) is 1. The predicted molar refractivity (Wildman–Crippen MR) is 82.4 cm³/mol. The van der Waals surface area contributed by atoms with Crippen molar-refractivity contribution < 1.29 is 9.18 Å². The maximum atomic E-state index is 13.0. The largest absolute Gasteiger partial charge is 0.356 e. The van der Waals surface area contributed by atoms with Crippen molar-refractivity contribution in [1.29, 1.82) is 0 Å². The van der Waals surface area contributed by atoms with Crippen LogP contribution in [-0.4, -0.2) is 18.5 Å². The number of benzene rings is 1. The van der Waals surface area contributed by atoms with E-state index in [2.05, 4.69) is 5.32 Å². The lowest BCUT2D eigenvalue weighted by molar-refractivity contribution is -0.122. The number of amides is 1. The van der Waals surface area contributed by atoms with Gasteiger partial charge in [0.25, 0.3) is 0 Å². The molecule has 1 aromatic carbocycles. The molecule has 1 aliphatic rings. The molecule has 2 unspecified atom stereocenters. The van der Waals surface area contributed by atoms with Gasteiger partial charge in [-0.05, 0) is 55.4 Å². The van der Waals surface area contributed by atoms with Crippen molar-refractivity contribution >= 4 is 5.91 Å². The van der Waals surface area contributed by atoms with Crippen LogP contribution in [0.3, 0.4) is 0 Å². The van der Waals surface area contributed by atoms with Crippen LogP contribution < -0.4 is 11.1 Å². The van der Waals surface area contributed by atoms with Crippen LogP contribution in [0.5, 0.6) is 0 Å². The first-order chi connectivity index (χ1) is 10.1. The zero-order chi connectivity index (χ0) is 15.2. The fourth-order valence-corrected chi connectivity index (χ4v) is 3.08. The quantitative estimate of drug-likeness (QED) is 0.876. The SMILES string of the molecule is Cc1cc(F)ccc1CCNC(=O)CC1CCCCC1N. The number of hydrogen-bond acceptors (Lipinski definition) is 2. The van der Waals surface area contributed by atoms with Gasteiger partial charge in [0, 0.05) is 19.0 Å². The van der Waals surface area contributed by atoms with Gasteiger partial charge in [0.1, 0.15) is 5.82 Å². The van der Waals surface area contributed by atoms with Gasteiger partial charge in [0.05, 0.1) is 0 Å². The minimum atomic E-state index is -0.216. The molecular weight excluding hydrogens is 267 g/mol. The highest BCUT2D eigenvalue weighted by Gasteiger charge is 2.23. The Labute approximate surface area is 126 Å². The normalized spacial score (nSPS) is 22.0. The van der Waals surface area contributed by atoms with Crippen molar-refractivity contribution in [2.45, 2.75) is 51.5 Å². The average molecular weight is 292 g/mol. The van der Waals surface area contributed by atoms with Gasteiger partial charge in [-0.2, -0.15) is 0 Å². The van der Waals surface area contributed by atoms with Gasteiger partial charge < -0.3 is 11.1 Å². The first-order valence-electron chi connectivity index (χ1n) is 7.83. The van der Waals surface area contributed by atoms with Gasteiger partial charge in [-0.1, -0.05) is 18.9 Å². The fraction of sp³-hybridized carbons (Fsp3) is 0.588. The molecular formula is C17H25FN2O. The number of halogens is 1. The second kappa shape index (κ2) is 7.55. The Hall–Kier alpha value is -1.42. The molecule has 3 N–H and O–H groups in total. The van der Waals surface area contributed by atoms with Crippen molar-refractivity contribution in [2.24, 2.45) is 11.7 Å². The molecule has 21 heavy (non-hydrogen) atoms. The molecule has 1 aliphatic carbocycles. The molecule has 0 spiro atoms. The van der Waals surface area contributed by atoms with Crippen molar-refractivity contribution in [3.05, 3.63) is 35.1 Å². The van der Waals surface area contributed by atoms with Crippen LogP contribution in [0.15, 0.2) is 18.2 Å². The van der Waals surface area contributed by atoms with E-state index < -0.39 is 0 Å². The zero-order valence-electron chi connectivity index (χ0n) is 12.7. The lowest BCUT2D eigenvalue weighted by atomic mass is 9.83. The van der Waals surface area contributed by atoms with E-state index >= 15 is 0 Å². The average Bonchev–Trinajstić information content (AvgIpc) is 2.44. The molecule has 0 heterocycles. The molecule has 0 bridgehead atoms. The highest BCUT2D eigenvalue weighted by molar-refractivity contribution is 5.76. The van der Waals surface area contributed by atoms with Crippen molar-refractivity contribution in [3.8, 4) is 0 Å². The third-order valence-electron chi connectivity index (χ3n) is 4.44. The Morgan fingerprint density at radius 2 is 2.14 bits per heavy atom. The maximum absolute atomic E-state index is 13.0. The molecule has 0 aliphatic heterocycles. The smallest absolute Gasteiger partial charge is 0.220 e. The fourth-order valence-electron chi connectivity index (χ4n) is 3.08. The number of hydrogen-bond donors (Lipinski definition) is 2. The summed E-state index contributed by atoms with van der Waals surface area (Å²) in [5.41, 5.74) is 8.07. The van der Waals surface area contributed by atoms with Gasteiger partial charge >= 0.3 is 0 Å². The summed E-state index contributed by atoms with van der Waals surface area (Å²) in [6, 6.07) is 4.95. The van der Waals surface area contributed by atoms with Crippen LogP contribution >= 0.6 is 0 Å². The summed E-state index contributed by atoms with van der Waals surface area (Å²) in [5, 5.41) is 2.95. The monoisotopic (exact) mass is 292 g/mol. The lowest BCUT2D eigenvalue weighted by Gasteiger charge is -2.27. The van der Waals surface area contributed by atoms with E-state index in [4.69, 9.17) is 5.73 Å². The second-order valence-corrected chi connectivity index (χ2v) is 6.08. The Morgan fingerprint density at radius 3 is 2.86 bits per heavy atom. The molecule has 0 aromatic heterocycles. The molecule has 1 saturated carbocycles. The Morgan fingerprint density at radius 1 is 1.38 bits per heavy atom. The Bertz CT molecular complexity index is 490. The van der Waals surface area contributed by atoms with E-state index in [1.807, 2.05) is 6.92 Å². The molecule has 2 rings (SSSR count). The molecule has 0 saturated heterocycles. The minimum absolute atomic E-state index is 0.0807. The lowest BCUT2D eigenvalue weighted by Crippen LogP contribution is -2.37. The van der Waals surface area contributed by atoms with Crippen LogP contribution in [0, 0.1) is 18.7 Å². The molecule has 116 valence electrons. The minimum Gasteiger partial charge on any atom is -0.356 e. The number of rotatable bonds is 5. The summed E-state index contributed by atoms with van der Waals surface area (Å²) in [6.07, 6.45) is 5.72. The van der Waals surface area contributed by atoms with E-state index in [1.165, 1.54) is 25.0 Å². The Kier molecular flexibility index (Phi) is 5.74. The van der Waals surface area contributed by atoms with Gasteiger partial charge in [0.15, 0.2) is 0 Å². The molecule has 1 fully saturated rings. The summed E-state index contributed by atoms with van der Waals surface area (Å²) in [6.45, 7) is 2.48. The third-order valence-corrected chi connectivity index (χ3v) is 4.44. The number of carbonyl (C=O) groups excluding carboxylic acids is 1. The topological polar surface area (TPSA) is 55.1 Å². The van der Waals surface area contributed by atoms with Crippen molar-refractivity contribution in [2.75, 3.05) is 6.54 Å². The molecule has 2 atom stereocenters. The molecule has 1 aromatic rings. The Balaban J connectivity index is 1.73. The van der Waals surface area contributed by atoms with Gasteiger partial charge in [0.2, 0.25) is 5.91 Å². The first-order valence-corrected chi connectivity index (χ1v) is 7.83. The molecule has 1 amide bonds. The number of nitrogens with one attached hydrogen (secondary N) is 1. The third kappa shape index (κ3) is 4.81. The first kappa shape index (κ1) is 16.0. The van der Waals surface area contributed by atoms with Crippen LogP contribution in [0.1, 0.15) is 43.2 Å². The van der Waals surface area contributed by atoms with Crippen molar-refractivity contribution in [3.63, 3.8) is 0 Å². The summed E-state index contributed by atoms with van der Waals surface area (Å²) < 4.78 is 13.0. The van der Waals surface area contributed by atoms with Crippen LogP contribution in [0.2, 0.25) is 0 Å². The zero-order valence-corrected chi connectivity index (χ0v) is 12.7. The van der Waals surface area contributed by atoms with Crippen LogP contribution in [-0.2, 0) is 11.2 Å². The van der Waals surface area contributed by atoms with Crippen molar-refractivity contribution in [1.82, 2.24) is 5.32 Å². The summed E-state index contributed by atoms with van der Waals surface area (Å²) in [5.74, 6) is 0.190. The number of aryl methyl sites for hydroxylation is 1. The van der Waals surface area contributed by atoms with E-state index in [1.54, 1.807) is 6.07 Å². The van der Waals surface area contributed by atoms with Gasteiger partial charge in [-0.3, -0.25) is 4.79 Å². The summed E-state index contributed by atoms with van der Waals surface area (Å²) in [4.78, 5) is 12.0. The van der Waals surface area contributed by atoms with E-state index in [0.29, 0.717) is 18.9 Å².